The van der Waals surface area contributed by atoms with Crippen LogP contribution < -0.4 is 15.2 Å². The molecule has 3 N–H and O–H groups in total. The number of nitrogens with zero attached hydrogens (tertiary/aromatic N) is 1. The molecule has 2 aliphatic rings. The largest absolute Gasteiger partial charge is 0.491 e. The molecule has 1 aromatic heterocycles. The number of alkyl halides is 1. The van der Waals surface area contributed by atoms with Gasteiger partial charge in [-0.15, -0.1) is 0 Å². The molecule has 0 aliphatic carbocycles. The fourth-order valence-electron chi connectivity index (χ4n) is 5.58. The molecule has 3 heterocycles. The minimum Gasteiger partial charge on any atom is -0.491 e. The molecule has 1 fully saturated rings. The summed E-state index contributed by atoms with van der Waals surface area (Å²) in [6, 6.07) is 20.7. The molecule has 0 bridgehead atoms. The highest BCUT2D eigenvalue weighted by atomic mass is 35.5. The molecule has 6 rings (SSSR count). The number of aromatic amines is 1. The van der Waals surface area contributed by atoms with Gasteiger partial charge in [-0.05, 0) is 76.9 Å². The maximum absolute atomic E-state index is 12.5. The van der Waals surface area contributed by atoms with E-state index >= 15 is 0 Å². The van der Waals surface area contributed by atoms with E-state index in [2.05, 4.69) is 46.3 Å². The summed E-state index contributed by atoms with van der Waals surface area (Å²) < 4.78 is 25.0. The Morgan fingerprint density at radius 1 is 1.08 bits per heavy atom. The number of anilines is 1. The second kappa shape index (κ2) is 10.7. The zero-order chi connectivity index (χ0) is 26.1. The molecule has 0 saturated carbocycles. The van der Waals surface area contributed by atoms with Crippen LogP contribution in [0.5, 0.6) is 11.5 Å². The molecule has 1 unspecified atom stereocenters. The van der Waals surface area contributed by atoms with Crippen molar-refractivity contribution in [2.24, 2.45) is 0 Å². The summed E-state index contributed by atoms with van der Waals surface area (Å²) in [6.07, 6.45) is 4.34. The molecule has 3 aromatic carbocycles. The molecule has 0 radical (unpaired) electrons. The minimum atomic E-state index is -0.272. The van der Waals surface area contributed by atoms with E-state index < -0.39 is 0 Å². The van der Waals surface area contributed by atoms with E-state index in [-0.39, 0.29) is 12.8 Å². The average molecular weight is 532 g/mol. The second-order valence-electron chi connectivity index (χ2n) is 9.97. The van der Waals surface area contributed by atoms with Gasteiger partial charge in [-0.25, -0.2) is 0 Å². The van der Waals surface area contributed by atoms with E-state index in [1.807, 2.05) is 30.5 Å². The van der Waals surface area contributed by atoms with Crippen molar-refractivity contribution >= 4 is 39.3 Å². The summed E-state index contributed by atoms with van der Waals surface area (Å²) >= 11 is 6.64. The zero-order valence-corrected chi connectivity index (χ0v) is 21.9. The molecular weight excluding hydrogens is 501 g/mol. The highest BCUT2D eigenvalue weighted by Crippen LogP contribution is 2.46. The van der Waals surface area contributed by atoms with Gasteiger partial charge in [0.25, 0.3) is 0 Å². The first-order chi connectivity index (χ1) is 18.6. The number of likely N-dealkylation sites (tertiary alicyclic amines) is 1. The van der Waals surface area contributed by atoms with E-state index in [4.69, 9.17) is 26.8 Å². The van der Waals surface area contributed by atoms with Crippen molar-refractivity contribution in [2.45, 2.75) is 25.4 Å². The number of nitrogen functional groups attached to an aromatic ring is 1. The van der Waals surface area contributed by atoms with Gasteiger partial charge in [0.05, 0.1) is 19.0 Å². The number of nitrogens with two attached hydrogens (primary N) is 1. The lowest BCUT2D eigenvalue weighted by Crippen LogP contribution is -2.26. The molecule has 5 nitrogen and oxygen atoms in total. The van der Waals surface area contributed by atoms with E-state index in [1.165, 1.54) is 11.0 Å². The molecule has 0 amide bonds. The molecule has 38 heavy (non-hydrogen) atoms. The number of ether oxygens (including phenoxy) is 2. The summed E-state index contributed by atoms with van der Waals surface area (Å²) in [6.45, 7) is 2.80. The average Bonchev–Trinajstić information content (AvgIpc) is 3.55. The second-order valence-corrected chi connectivity index (χ2v) is 10.4. The van der Waals surface area contributed by atoms with Gasteiger partial charge in [0.2, 0.25) is 0 Å². The Balaban J connectivity index is 1.37. The number of nitrogens with one attached hydrogen (secondary N) is 1. The van der Waals surface area contributed by atoms with Crippen LogP contribution >= 0.6 is 11.6 Å². The van der Waals surface area contributed by atoms with E-state index in [9.17, 15) is 4.39 Å². The standard InChI is InChI=1S/C31H31ClFN3O2/c32-30-27(34)9-8-26-29(21-4-6-23(7-5-21)38-24-11-16-36(19-24)15-1-13-33)25(12-17-37-31(26)30)22-3-2-20-10-14-35-28(20)18-22/h2-10,14,18,24,35H,1,11-13,15-17,19,34H2. The van der Waals surface area contributed by atoms with Crippen molar-refractivity contribution in [2.75, 3.05) is 38.6 Å². The van der Waals surface area contributed by atoms with Crippen molar-refractivity contribution < 1.29 is 13.9 Å². The normalized spacial score (nSPS) is 17.9. The highest BCUT2D eigenvalue weighted by Gasteiger charge is 2.26. The fourth-order valence-corrected chi connectivity index (χ4v) is 5.80. The molecule has 2 aliphatic heterocycles. The van der Waals surface area contributed by atoms with Gasteiger partial charge in [0, 0.05) is 43.3 Å². The van der Waals surface area contributed by atoms with Crippen LogP contribution in [0.15, 0.2) is 66.9 Å². The number of H-pyrrole nitrogens is 1. The molecular formula is C31H31ClFN3O2. The predicted octanol–water partition coefficient (Wildman–Crippen LogP) is 6.96. The Kier molecular flexibility index (Phi) is 7.00. The Morgan fingerprint density at radius 2 is 1.92 bits per heavy atom. The smallest absolute Gasteiger partial charge is 0.147 e. The lowest BCUT2D eigenvalue weighted by atomic mass is 9.88. The topological polar surface area (TPSA) is 63.5 Å². The molecule has 196 valence electrons. The Morgan fingerprint density at radius 3 is 2.76 bits per heavy atom. The maximum Gasteiger partial charge on any atom is 0.147 e. The quantitative estimate of drug-likeness (QED) is 0.253. The number of halogens is 2. The summed E-state index contributed by atoms with van der Waals surface area (Å²) in [4.78, 5) is 5.60. The van der Waals surface area contributed by atoms with E-state index in [0.29, 0.717) is 29.5 Å². The van der Waals surface area contributed by atoms with Crippen molar-refractivity contribution in [3.63, 3.8) is 0 Å². The lowest BCUT2D eigenvalue weighted by molar-refractivity contribution is 0.198. The lowest BCUT2D eigenvalue weighted by Gasteiger charge is -2.18. The van der Waals surface area contributed by atoms with Gasteiger partial charge in [0.15, 0.2) is 0 Å². The molecule has 1 saturated heterocycles. The first kappa shape index (κ1) is 24.8. The minimum absolute atomic E-state index is 0.122. The highest BCUT2D eigenvalue weighted by molar-refractivity contribution is 6.35. The van der Waals surface area contributed by atoms with Crippen molar-refractivity contribution in [1.82, 2.24) is 9.88 Å². The van der Waals surface area contributed by atoms with Gasteiger partial charge in [-0.1, -0.05) is 35.9 Å². The predicted molar refractivity (Wildman–Crippen MR) is 153 cm³/mol. The summed E-state index contributed by atoms with van der Waals surface area (Å²) in [5.74, 6) is 1.46. The van der Waals surface area contributed by atoms with Gasteiger partial charge in [-0.3, -0.25) is 9.29 Å². The third kappa shape index (κ3) is 4.86. The first-order valence-corrected chi connectivity index (χ1v) is 13.6. The Hall–Kier alpha value is -3.48. The van der Waals surface area contributed by atoms with Crippen LogP contribution in [0.3, 0.4) is 0 Å². The molecule has 0 spiro atoms. The fraction of sp³-hybridized carbons (Fsp3) is 0.290. The van der Waals surface area contributed by atoms with Crippen LogP contribution in [0, 0.1) is 0 Å². The van der Waals surface area contributed by atoms with Crippen molar-refractivity contribution in [3.8, 4) is 11.5 Å². The van der Waals surface area contributed by atoms with Gasteiger partial charge >= 0.3 is 0 Å². The Labute approximate surface area is 227 Å². The third-order valence-electron chi connectivity index (χ3n) is 7.48. The molecule has 7 heteroatoms. The Bertz CT molecular complexity index is 1480. The van der Waals surface area contributed by atoms with Crippen LogP contribution in [0.1, 0.15) is 36.0 Å². The van der Waals surface area contributed by atoms with E-state index in [0.717, 1.165) is 66.0 Å². The van der Waals surface area contributed by atoms with Crippen molar-refractivity contribution in [3.05, 3.63) is 88.6 Å². The zero-order valence-electron chi connectivity index (χ0n) is 21.2. The summed E-state index contributed by atoms with van der Waals surface area (Å²) in [5.41, 5.74) is 13.1. The van der Waals surface area contributed by atoms with Gasteiger partial charge in [0.1, 0.15) is 22.6 Å². The molecule has 4 aromatic rings. The SMILES string of the molecule is Nc1ccc2c(c1Cl)OCCC(c1ccc3cc[nH]c3c1)=C2c1ccc(OC2CCN(CCCF)C2)cc1. The number of hydrogen-bond donors (Lipinski definition) is 2. The maximum atomic E-state index is 12.5. The van der Waals surface area contributed by atoms with Crippen molar-refractivity contribution in [1.29, 1.82) is 0 Å². The van der Waals surface area contributed by atoms with Crippen LogP contribution in [-0.4, -0.2) is 48.9 Å². The number of fused-ring (bicyclic) bond motifs is 2. The number of rotatable bonds is 7. The van der Waals surface area contributed by atoms with Crippen LogP contribution in [0.25, 0.3) is 22.0 Å². The number of aromatic nitrogens is 1. The first-order valence-electron chi connectivity index (χ1n) is 13.2. The summed E-state index contributed by atoms with van der Waals surface area (Å²) in [7, 11) is 0. The van der Waals surface area contributed by atoms with Crippen LogP contribution in [-0.2, 0) is 0 Å². The van der Waals surface area contributed by atoms with Crippen LogP contribution in [0.2, 0.25) is 5.02 Å². The van der Waals surface area contributed by atoms with Gasteiger partial charge in [-0.2, -0.15) is 0 Å². The summed E-state index contributed by atoms with van der Waals surface area (Å²) in [5, 5.41) is 1.62. The van der Waals surface area contributed by atoms with Gasteiger partial charge < -0.3 is 20.2 Å². The van der Waals surface area contributed by atoms with E-state index in [1.54, 1.807) is 0 Å². The number of hydrogen-bond acceptors (Lipinski definition) is 4. The monoisotopic (exact) mass is 531 g/mol. The third-order valence-corrected chi connectivity index (χ3v) is 7.87. The molecule has 1 atom stereocenters. The number of benzene rings is 3. The van der Waals surface area contributed by atoms with Crippen LogP contribution in [0.4, 0.5) is 10.1 Å².